The first-order valence-corrected chi connectivity index (χ1v) is 9.01. The number of hydrogen-bond acceptors (Lipinski definition) is 3. The average molecular weight is 351 g/mol. The number of amides is 2. The van der Waals surface area contributed by atoms with Gasteiger partial charge in [0.25, 0.3) is 5.91 Å². The lowest BCUT2D eigenvalue weighted by Gasteiger charge is -2.22. The van der Waals surface area contributed by atoms with Crippen LogP contribution < -0.4 is 5.73 Å². The Hall–Kier alpha value is -2.82. The Balaban J connectivity index is 1.59. The maximum Gasteiger partial charge on any atom is 0.253 e. The van der Waals surface area contributed by atoms with E-state index in [1.807, 2.05) is 65.3 Å². The second kappa shape index (κ2) is 8.04. The predicted molar refractivity (Wildman–Crippen MR) is 103 cm³/mol. The summed E-state index contributed by atoms with van der Waals surface area (Å²) in [4.78, 5) is 29.0. The Kier molecular flexibility index (Phi) is 5.56. The van der Waals surface area contributed by atoms with Crippen LogP contribution >= 0.6 is 0 Å². The zero-order chi connectivity index (χ0) is 18.5. The smallest absolute Gasteiger partial charge is 0.253 e. The molecule has 3 rings (SSSR count). The SMILES string of the molecule is Cc1cccc(C(=O)N2CCCN(C(=O)Cc3ccc(N)cc3)CC2)c1. The van der Waals surface area contributed by atoms with Crippen LogP contribution in [0.1, 0.15) is 27.9 Å². The Morgan fingerprint density at radius 3 is 2.38 bits per heavy atom. The number of aryl methyl sites for hydroxylation is 1. The second-order valence-corrected chi connectivity index (χ2v) is 6.81. The minimum absolute atomic E-state index is 0.0431. The third-order valence-corrected chi connectivity index (χ3v) is 4.74. The van der Waals surface area contributed by atoms with Crippen molar-refractivity contribution in [3.05, 3.63) is 65.2 Å². The van der Waals surface area contributed by atoms with E-state index in [0.29, 0.717) is 43.9 Å². The van der Waals surface area contributed by atoms with Gasteiger partial charge in [-0.1, -0.05) is 29.8 Å². The lowest BCUT2D eigenvalue weighted by Crippen LogP contribution is -2.38. The predicted octanol–water partition coefficient (Wildman–Crippen LogP) is 2.49. The van der Waals surface area contributed by atoms with E-state index < -0.39 is 0 Å². The first-order chi connectivity index (χ1) is 12.5. The molecule has 1 fully saturated rings. The molecule has 0 radical (unpaired) electrons. The fourth-order valence-corrected chi connectivity index (χ4v) is 3.25. The van der Waals surface area contributed by atoms with E-state index in [2.05, 4.69) is 0 Å². The first kappa shape index (κ1) is 18.0. The van der Waals surface area contributed by atoms with Gasteiger partial charge in [-0.05, 0) is 43.2 Å². The van der Waals surface area contributed by atoms with Crippen molar-refractivity contribution in [2.45, 2.75) is 19.8 Å². The molecule has 0 aliphatic carbocycles. The zero-order valence-electron chi connectivity index (χ0n) is 15.1. The van der Waals surface area contributed by atoms with Crippen LogP contribution in [0, 0.1) is 6.92 Å². The van der Waals surface area contributed by atoms with Crippen molar-refractivity contribution < 1.29 is 9.59 Å². The summed E-state index contributed by atoms with van der Waals surface area (Å²) in [5, 5.41) is 0. The number of anilines is 1. The number of nitrogen functional groups attached to an aromatic ring is 1. The maximum atomic E-state index is 12.7. The van der Waals surface area contributed by atoms with Gasteiger partial charge in [0.2, 0.25) is 5.91 Å². The highest BCUT2D eigenvalue weighted by atomic mass is 16.2. The van der Waals surface area contributed by atoms with E-state index in [0.717, 1.165) is 17.5 Å². The van der Waals surface area contributed by atoms with Gasteiger partial charge in [0, 0.05) is 37.4 Å². The average Bonchev–Trinajstić information content (AvgIpc) is 2.89. The van der Waals surface area contributed by atoms with Gasteiger partial charge in [-0.2, -0.15) is 0 Å². The van der Waals surface area contributed by atoms with Crippen molar-refractivity contribution in [3.63, 3.8) is 0 Å². The van der Waals surface area contributed by atoms with Gasteiger partial charge in [0.15, 0.2) is 0 Å². The molecule has 2 N–H and O–H groups in total. The Morgan fingerprint density at radius 1 is 0.962 bits per heavy atom. The number of nitrogens with two attached hydrogens (primary N) is 1. The molecule has 2 aromatic rings. The lowest BCUT2D eigenvalue weighted by molar-refractivity contribution is -0.130. The van der Waals surface area contributed by atoms with Gasteiger partial charge in [0.1, 0.15) is 0 Å². The summed E-state index contributed by atoms with van der Waals surface area (Å²) in [5.74, 6) is 0.140. The molecule has 2 amide bonds. The fourth-order valence-electron chi connectivity index (χ4n) is 3.25. The molecule has 5 heteroatoms. The Morgan fingerprint density at radius 2 is 1.65 bits per heavy atom. The summed E-state index contributed by atoms with van der Waals surface area (Å²) in [6.07, 6.45) is 1.16. The van der Waals surface area contributed by atoms with E-state index in [-0.39, 0.29) is 11.8 Å². The van der Waals surface area contributed by atoms with Crippen molar-refractivity contribution in [1.82, 2.24) is 9.80 Å². The first-order valence-electron chi connectivity index (χ1n) is 9.01. The molecule has 136 valence electrons. The van der Waals surface area contributed by atoms with Gasteiger partial charge >= 0.3 is 0 Å². The van der Waals surface area contributed by atoms with Crippen LogP contribution in [0.2, 0.25) is 0 Å². The molecular formula is C21H25N3O2. The Bertz CT molecular complexity index is 786. The molecule has 0 bridgehead atoms. The molecule has 26 heavy (non-hydrogen) atoms. The van der Waals surface area contributed by atoms with Crippen LogP contribution in [0.4, 0.5) is 5.69 Å². The third-order valence-electron chi connectivity index (χ3n) is 4.74. The summed E-state index contributed by atoms with van der Waals surface area (Å²) in [6.45, 7) is 4.49. The van der Waals surface area contributed by atoms with Crippen molar-refractivity contribution in [1.29, 1.82) is 0 Å². The number of rotatable bonds is 3. The topological polar surface area (TPSA) is 66.6 Å². The van der Waals surface area contributed by atoms with Crippen molar-refractivity contribution >= 4 is 17.5 Å². The second-order valence-electron chi connectivity index (χ2n) is 6.81. The number of hydrogen-bond donors (Lipinski definition) is 1. The number of nitrogens with zero attached hydrogens (tertiary/aromatic N) is 2. The molecular weight excluding hydrogens is 326 g/mol. The van der Waals surface area contributed by atoms with Gasteiger partial charge in [-0.15, -0.1) is 0 Å². The molecule has 0 spiro atoms. The monoisotopic (exact) mass is 351 g/mol. The highest BCUT2D eigenvalue weighted by Gasteiger charge is 2.22. The van der Waals surface area contributed by atoms with Gasteiger partial charge in [0.05, 0.1) is 6.42 Å². The summed E-state index contributed by atoms with van der Waals surface area (Å²) in [6, 6.07) is 15.1. The van der Waals surface area contributed by atoms with E-state index in [1.165, 1.54) is 0 Å². The van der Waals surface area contributed by atoms with Crippen LogP contribution in [0.15, 0.2) is 48.5 Å². The number of carbonyl (C=O) groups excluding carboxylic acids is 2. The van der Waals surface area contributed by atoms with Crippen LogP contribution in [-0.4, -0.2) is 47.8 Å². The third kappa shape index (κ3) is 4.42. The van der Waals surface area contributed by atoms with Gasteiger partial charge in [-0.25, -0.2) is 0 Å². The number of benzene rings is 2. The van der Waals surface area contributed by atoms with E-state index in [9.17, 15) is 9.59 Å². The molecule has 1 heterocycles. The molecule has 5 nitrogen and oxygen atoms in total. The molecule has 0 aromatic heterocycles. The minimum atomic E-state index is 0.0431. The minimum Gasteiger partial charge on any atom is -0.399 e. The summed E-state index contributed by atoms with van der Waals surface area (Å²) < 4.78 is 0. The maximum absolute atomic E-state index is 12.7. The zero-order valence-corrected chi connectivity index (χ0v) is 15.1. The standard InChI is InChI=1S/C21H25N3O2/c1-16-4-2-5-18(14-16)21(26)24-11-3-10-23(12-13-24)20(25)15-17-6-8-19(22)9-7-17/h2,4-9,14H,3,10-13,15,22H2,1H3. The highest BCUT2D eigenvalue weighted by Crippen LogP contribution is 2.13. The molecule has 0 atom stereocenters. The largest absolute Gasteiger partial charge is 0.399 e. The molecule has 1 aliphatic rings. The van der Waals surface area contributed by atoms with Gasteiger partial charge < -0.3 is 15.5 Å². The normalized spacial score (nSPS) is 14.8. The molecule has 0 saturated carbocycles. The molecule has 1 saturated heterocycles. The van der Waals surface area contributed by atoms with Crippen molar-refractivity contribution in [3.8, 4) is 0 Å². The molecule has 2 aromatic carbocycles. The summed E-state index contributed by atoms with van der Waals surface area (Å²) in [7, 11) is 0. The van der Waals surface area contributed by atoms with Crippen LogP contribution in [-0.2, 0) is 11.2 Å². The Labute approximate surface area is 154 Å². The van der Waals surface area contributed by atoms with Crippen molar-refractivity contribution in [2.75, 3.05) is 31.9 Å². The summed E-state index contributed by atoms with van der Waals surface area (Å²) in [5.41, 5.74) is 9.13. The van der Waals surface area contributed by atoms with E-state index in [1.54, 1.807) is 0 Å². The fraction of sp³-hybridized carbons (Fsp3) is 0.333. The summed E-state index contributed by atoms with van der Waals surface area (Å²) >= 11 is 0. The van der Waals surface area contributed by atoms with Crippen LogP contribution in [0.5, 0.6) is 0 Å². The molecule has 0 unspecified atom stereocenters. The highest BCUT2D eigenvalue weighted by molar-refractivity contribution is 5.94. The lowest BCUT2D eigenvalue weighted by atomic mass is 10.1. The van der Waals surface area contributed by atoms with Gasteiger partial charge in [-0.3, -0.25) is 9.59 Å². The molecule has 1 aliphatic heterocycles. The van der Waals surface area contributed by atoms with E-state index >= 15 is 0 Å². The van der Waals surface area contributed by atoms with Crippen LogP contribution in [0.25, 0.3) is 0 Å². The number of carbonyl (C=O) groups is 2. The van der Waals surface area contributed by atoms with E-state index in [4.69, 9.17) is 5.73 Å². The van der Waals surface area contributed by atoms with Crippen molar-refractivity contribution in [2.24, 2.45) is 0 Å². The quantitative estimate of drug-likeness (QED) is 0.864. The van der Waals surface area contributed by atoms with Crippen LogP contribution in [0.3, 0.4) is 0 Å².